The average molecular weight is 255 g/mol. The Morgan fingerprint density at radius 2 is 2.00 bits per heavy atom. The lowest BCUT2D eigenvalue weighted by molar-refractivity contribution is 0.391. The molecule has 0 aliphatic heterocycles. The van der Waals surface area contributed by atoms with Gasteiger partial charge in [0, 0.05) is 6.04 Å². The van der Waals surface area contributed by atoms with E-state index in [0.29, 0.717) is 6.04 Å². The molecule has 3 heteroatoms. The van der Waals surface area contributed by atoms with Crippen LogP contribution in [0.25, 0.3) is 11.0 Å². The van der Waals surface area contributed by atoms with Gasteiger partial charge in [-0.3, -0.25) is 4.98 Å². The first-order chi connectivity index (χ1) is 9.28. The molecule has 3 unspecified atom stereocenters. The van der Waals surface area contributed by atoms with Gasteiger partial charge in [-0.1, -0.05) is 32.4 Å². The summed E-state index contributed by atoms with van der Waals surface area (Å²) in [4.78, 5) is 9.11. The van der Waals surface area contributed by atoms with E-state index >= 15 is 0 Å². The fourth-order valence-electron chi connectivity index (χ4n) is 3.24. The Morgan fingerprint density at radius 1 is 1.21 bits per heavy atom. The second kappa shape index (κ2) is 5.16. The number of fused-ring (bicyclic) bond motifs is 1. The van der Waals surface area contributed by atoms with Crippen LogP contribution in [0, 0.1) is 11.8 Å². The molecule has 3 nitrogen and oxygen atoms in total. The van der Waals surface area contributed by atoms with Crippen LogP contribution in [0.3, 0.4) is 0 Å². The molecule has 1 N–H and O–H groups in total. The van der Waals surface area contributed by atoms with Gasteiger partial charge in [0.2, 0.25) is 0 Å². The monoisotopic (exact) mass is 255 g/mol. The molecule has 1 aliphatic carbocycles. The van der Waals surface area contributed by atoms with Gasteiger partial charge in [0.15, 0.2) is 0 Å². The molecular formula is C16H21N3. The zero-order valence-electron chi connectivity index (χ0n) is 11.6. The van der Waals surface area contributed by atoms with Crippen LogP contribution in [0.2, 0.25) is 0 Å². The first-order valence-corrected chi connectivity index (χ1v) is 7.26. The maximum Gasteiger partial charge on any atom is 0.145 e. The quantitative estimate of drug-likeness (QED) is 0.904. The molecule has 1 aromatic carbocycles. The Balaban J connectivity index is 1.78. The van der Waals surface area contributed by atoms with Crippen molar-refractivity contribution in [3.05, 3.63) is 30.5 Å². The summed E-state index contributed by atoms with van der Waals surface area (Å²) < 4.78 is 0. The van der Waals surface area contributed by atoms with Crippen LogP contribution in [-0.4, -0.2) is 16.0 Å². The summed E-state index contributed by atoms with van der Waals surface area (Å²) in [6.45, 7) is 4.65. The van der Waals surface area contributed by atoms with E-state index in [1.165, 1.54) is 19.3 Å². The van der Waals surface area contributed by atoms with Gasteiger partial charge < -0.3 is 5.32 Å². The molecular weight excluding hydrogens is 234 g/mol. The Labute approximate surface area is 114 Å². The number of hydrogen-bond acceptors (Lipinski definition) is 3. The van der Waals surface area contributed by atoms with E-state index in [1.54, 1.807) is 0 Å². The highest BCUT2D eigenvalue weighted by Crippen LogP contribution is 2.35. The first-order valence-electron chi connectivity index (χ1n) is 7.26. The second-order valence-electron chi connectivity index (χ2n) is 5.60. The molecule has 100 valence electrons. The van der Waals surface area contributed by atoms with E-state index in [9.17, 15) is 0 Å². The maximum absolute atomic E-state index is 4.65. The average Bonchev–Trinajstić information content (AvgIpc) is 2.79. The van der Waals surface area contributed by atoms with E-state index in [0.717, 1.165) is 28.7 Å². The highest BCUT2D eigenvalue weighted by Gasteiger charge is 2.31. The number of nitrogens with one attached hydrogen (secondary N) is 1. The van der Waals surface area contributed by atoms with Crippen LogP contribution in [-0.2, 0) is 0 Å². The molecule has 1 heterocycles. The maximum atomic E-state index is 4.65. The summed E-state index contributed by atoms with van der Waals surface area (Å²) in [5.41, 5.74) is 1.92. The highest BCUT2D eigenvalue weighted by molar-refractivity contribution is 5.75. The van der Waals surface area contributed by atoms with Gasteiger partial charge in [-0.2, -0.15) is 0 Å². The van der Waals surface area contributed by atoms with Crippen molar-refractivity contribution in [2.24, 2.45) is 11.8 Å². The van der Waals surface area contributed by atoms with Gasteiger partial charge in [0.05, 0.1) is 17.2 Å². The third kappa shape index (κ3) is 2.42. The van der Waals surface area contributed by atoms with Crippen molar-refractivity contribution in [1.29, 1.82) is 0 Å². The van der Waals surface area contributed by atoms with Gasteiger partial charge in [-0.25, -0.2) is 4.98 Å². The third-order valence-corrected chi connectivity index (χ3v) is 4.53. The Morgan fingerprint density at radius 3 is 2.74 bits per heavy atom. The minimum absolute atomic E-state index is 0.542. The molecule has 0 bridgehead atoms. The van der Waals surface area contributed by atoms with Gasteiger partial charge in [0.25, 0.3) is 0 Å². The number of benzene rings is 1. The predicted molar refractivity (Wildman–Crippen MR) is 79.1 cm³/mol. The Kier molecular flexibility index (Phi) is 3.36. The lowest BCUT2D eigenvalue weighted by atomic mass is 9.93. The van der Waals surface area contributed by atoms with E-state index in [2.05, 4.69) is 29.1 Å². The molecule has 3 rings (SSSR count). The Hall–Kier alpha value is -1.64. The second-order valence-corrected chi connectivity index (χ2v) is 5.60. The van der Waals surface area contributed by atoms with E-state index in [-0.39, 0.29) is 0 Å². The van der Waals surface area contributed by atoms with E-state index in [1.807, 2.05) is 30.5 Å². The molecule has 1 aliphatic rings. The summed E-state index contributed by atoms with van der Waals surface area (Å²) in [7, 11) is 0. The van der Waals surface area contributed by atoms with Crippen molar-refractivity contribution in [1.82, 2.24) is 9.97 Å². The van der Waals surface area contributed by atoms with Crippen LogP contribution in [0.15, 0.2) is 30.5 Å². The van der Waals surface area contributed by atoms with Crippen LogP contribution in [0.5, 0.6) is 0 Å². The van der Waals surface area contributed by atoms with Crippen molar-refractivity contribution in [3.63, 3.8) is 0 Å². The van der Waals surface area contributed by atoms with Crippen molar-refractivity contribution < 1.29 is 0 Å². The van der Waals surface area contributed by atoms with Crippen LogP contribution in [0.4, 0.5) is 5.82 Å². The lowest BCUT2D eigenvalue weighted by Crippen LogP contribution is -2.25. The van der Waals surface area contributed by atoms with Crippen LogP contribution >= 0.6 is 0 Å². The van der Waals surface area contributed by atoms with Gasteiger partial charge >= 0.3 is 0 Å². The lowest BCUT2D eigenvalue weighted by Gasteiger charge is -2.21. The molecule has 0 radical (unpaired) electrons. The van der Waals surface area contributed by atoms with Gasteiger partial charge in [-0.05, 0) is 36.8 Å². The number of rotatable bonds is 3. The number of nitrogens with zero attached hydrogens (tertiary/aromatic N) is 2. The van der Waals surface area contributed by atoms with Crippen molar-refractivity contribution in [2.45, 2.75) is 39.2 Å². The topological polar surface area (TPSA) is 37.8 Å². The summed E-state index contributed by atoms with van der Waals surface area (Å²) in [5, 5.41) is 3.57. The first kappa shape index (κ1) is 12.4. The van der Waals surface area contributed by atoms with Crippen molar-refractivity contribution in [3.8, 4) is 0 Å². The molecule has 0 saturated heterocycles. The molecule has 2 aromatic rings. The van der Waals surface area contributed by atoms with Crippen molar-refractivity contribution in [2.75, 3.05) is 5.32 Å². The summed E-state index contributed by atoms with van der Waals surface area (Å²) in [6.07, 6.45) is 5.71. The smallest absolute Gasteiger partial charge is 0.145 e. The summed E-state index contributed by atoms with van der Waals surface area (Å²) in [6, 6.07) is 8.55. The molecule has 1 aromatic heterocycles. The Bertz CT molecular complexity index is 567. The minimum Gasteiger partial charge on any atom is -0.366 e. The SMILES string of the molecule is CCC1CCC(Nc2cnc3ccccc3n2)C1C. The van der Waals surface area contributed by atoms with Crippen LogP contribution in [0.1, 0.15) is 33.1 Å². The molecule has 0 spiro atoms. The molecule has 1 fully saturated rings. The number of hydrogen-bond donors (Lipinski definition) is 1. The number of para-hydroxylation sites is 2. The molecule has 3 atom stereocenters. The fraction of sp³-hybridized carbons (Fsp3) is 0.500. The van der Waals surface area contributed by atoms with E-state index in [4.69, 9.17) is 0 Å². The zero-order valence-corrected chi connectivity index (χ0v) is 11.6. The number of aromatic nitrogens is 2. The van der Waals surface area contributed by atoms with E-state index < -0.39 is 0 Å². The predicted octanol–water partition coefficient (Wildman–Crippen LogP) is 3.87. The van der Waals surface area contributed by atoms with Gasteiger partial charge in [-0.15, -0.1) is 0 Å². The molecule has 1 saturated carbocycles. The summed E-state index contributed by atoms with van der Waals surface area (Å²) in [5.74, 6) is 2.48. The largest absolute Gasteiger partial charge is 0.366 e. The summed E-state index contributed by atoms with van der Waals surface area (Å²) >= 11 is 0. The standard InChI is InChI=1S/C16H21N3/c1-3-12-8-9-13(11(12)2)18-16-10-17-14-6-4-5-7-15(14)19-16/h4-7,10-13H,3,8-9H2,1-2H3,(H,18,19). The third-order valence-electron chi connectivity index (χ3n) is 4.53. The number of anilines is 1. The molecule has 19 heavy (non-hydrogen) atoms. The zero-order chi connectivity index (χ0) is 13.2. The molecule has 0 amide bonds. The van der Waals surface area contributed by atoms with Gasteiger partial charge in [0.1, 0.15) is 5.82 Å². The van der Waals surface area contributed by atoms with Crippen LogP contribution < -0.4 is 5.32 Å². The normalized spacial score (nSPS) is 26.7. The fourth-order valence-corrected chi connectivity index (χ4v) is 3.24. The van der Waals surface area contributed by atoms with Crippen molar-refractivity contribution >= 4 is 16.9 Å². The minimum atomic E-state index is 0.542. The highest BCUT2D eigenvalue weighted by atomic mass is 15.0.